The molecule has 2 unspecified atom stereocenters. The molecule has 304 valence electrons. The van der Waals surface area contributed by atoms with Crippen molar-refractivity contribution in [2.24, 2.45) is 0 Å². The number of esters is 2. The number of carbonyl (C=O) groups excluding carboxylic acids is 3. The minimum Gasteiger partial charge on any atom is -0.544 e. The molecule has 0 aliphatic carbocycles. The van der Waals surface area contributed by atoms with E-state index in [-0.39, 0.29) is 49.1 Å². The van der Waals surface area contributed by atoms with Crippen LogP contribution in [-0.4, -0.2) is 75.5 Å². The number of carboxylic acids is 1. The topological polar surface area (TPSA) is 102 Å². The van der Waals surface area contributed by atoms with Gasteiger partial charge < -0.3 is 28.6 Å². The summed E-state index contributed by atoms with van der Waals surface area (Å²) in [6.07, 6.45) is 42.6. The highest BCUT2D eigenvalue weighted by Gasteiger charge is 2.25. The van der Waals surface area contributed by atoms with Crippen LogP contribution in [0.15, 0.2) is 60.8 Å². The minimum absolute atomic E-state index is 0.0237. The van der Waals surface area contributed by atoms with Gasteiger partial charge in [-0.3, -0.25) is 9.59 Å². The van der Waals surface area contributed by atoms with E-state index >= 15 is 0 Å². The van der Waals surface area contributed by atoms with Crippen molar-refractivity contribution in [1.29, 1.82) is 0 Å². The molecule has 0 saturated carbocycles. The van der Waals surface area contributed by atoms with Crippen LogP contribution in [0.5, 0.6) is 0 Å². The fourth-order valence-electron chi connectivity index (χ4n) is 5.65. The Labute approximate surface area is 324 Å². The molecule has 0 bridgehead atoms. The maximum Gasteiger partial charge on any atom is 0.306 e. The maximum atomic E-state index is 12.6. The van der Waals surface area contributed by atoms with E-state index in [0.717, 1.165) is 64.2 Å². The Morgan fingerprint density at radius 2 is 1.08 bits per heavy atom. The van der Waals surface area contributed by atoms with Gasteiger partial charge >= 0.3 is 11.9 Å². The van der Waals surface area contributed by atoms with E-state index in [4.69, 9.17) is 14.2 Å². The molecule has 0 saturated heterocycles. The summed E-state index contributed by atoms with van der Waals surface area (Å²) in [6, 6.07) is -0.732. The van der Waals surface area contributed by atoms with Crippen molar-refractivity contribution in [2.75, 3.05) is 41.0 Å². The second-order valence-corrected chi connectivity index (χ2v) is 14.8. The molecule has 2 atom stereocenters. The van der Waals surface area contributed by atoms with Crippen molar-refractivity contribution in [3.63, 3.8) is 0 Å². The van der Waals surface area contributed by atoms with E-state index in [0.29, 0.717) is 12.8 Å². The number of likely N-dealkylation sites (N-methyl/N-ethyl adjacent to an activating group) is 1. The van der Waals surface area contributed by atoms with Gasteiger partial charge in [-0.1, -0.05) is 126 Å². The maximum absolute atomic E-state index is 12.6. The van der Waals surface area contributed by atoms with Crippen LogP contribution in [0.25, 0.3) is 0 Å². The first-order valence-electron chi connectivity index (χ1n) is 20.8. The fourth-order valence-corrected chi connectivity index (χ4v) is 5.65. The zero-order valence-electron chi connectivity index (χ0n) is 34.4. The fraction of sp³-hybridized carbons (Fsp3) is 0.711. The zero-order chi connectivity index (χ0) is 39.3. The van der Waals surface area contributed by atoms with Crippen LogP contribution in [0.2, 0.25) is 0 Å². The lowest BCUT2D eigenvalue weighted by molar-refractivity contribution is -0.889. The predicted molar refractivity (Wildman–Crippen MR) is 217 cm³/mol. The molecule has 0 aliphatic heterocycles. The molecule has 8 heteroatoms. The third-order valence-electron chi connectivity index (χ3n) is 8.89. The Morgan fingerprint density at radius 1 is 0.585 bits per heavy atom. The summed E-state index contributed by atoms with van der Waals surface area (Å²) in [4.78, 5) is 36.7. The summed E-state index contributed by atoms with van der Waals surface area (Å²) in [7, 11) is 5.38. The number of quaternary nitrogens is 1. The quantitative estimate of drug-likeness (QED) is 0.0273. The standard InChI is InChI=1S/C45H77NO7/c1-6-8-10-12-14-16-17-18-19-20-21-22-23-24-25-26-28-29-31-33-35-43(47)52-40-41(39-51-38-37-42(45(49)50)46(3,4)5)53-44(48)36-34-32-30-27-15-13-11-9-7-2/h8,10,14,16,18-19,21-22,27,30,41-42H,6-7,9,11-13,15,17,20,23-26,28-29,31-40H2,1-5H3/b10-8+,16-14+,19-18+,22-21+,30-27+. The van der Waals surface area contributed by atoms with Crippen molar-refractivity contribution < 1.29 is 38.2 Å². The second kappa shape index (κ2) is 36.0. The van der Waals surface area contributed by atoms with E-state index < -0.39 is 18.1 Å². The lowest BCUT2D eigenvalue weighted by Gasteiger charge is -2.34. The number of aliphatic carboxylic acids is 1. The molecule has 0 aliphatic rings. The van der Waals surface area contributed by atoms with Gasteiger partial charge in [-0.15, -0.1) is 0 Å². The Balaban J connectivity index is 4.32. The molecule has 0 aromatic carbocycles. The summed E-state index contributed by atoms with van der Waals surface area (Å²) in [5, 5.41) is 11.6. The van der Waals surface area contributed by atoms with Gasteiger partial charge in [-0.2, -0.15) is 0 Å². The van der Waals surface area contributed by atoms with Gasteiger partial charge in [-0.05, 0) is 70.6 Å². The van der Waals surface area contributed by atoms with E-state index in [1.54, 1.807) is 21.1 Å². The molecule has 0 N–H and O–H groups in total. The predicted octanol–water partition coefficient (Wildman–Crippen LogP) is 9.69. The summed E-state index contributed by atoms with van der Waals surface area (Å²) < 4.78 is 17.0. The van der Waals surface area contributed by atoms with Crippen molar-refractivity contribution in [2.45, 2.75) is 167 Å². The minimum atomic E-state index is -1.13. The van der Waals surface area contributed by atoms with E-state index in [2.05, 4.69) is 74.6 Å². The van der Waals surface area contributed by atoms with Crippen LogP contribution in [0.1, 0.15) is 155 Å². The molecule has 0 amide bonds. The van der Waals surface area contributed by atoms with Gasteiger partial charge in [0.15, 0.2) is 6.10 Å². The van der Waals surface area contributed by atoms with Gasteiger partial charge in [0.2, 0.25) is 0 Å². The van der Waals surface area contributed by atoms with Crippen LogP contribution >= 0.6 is 0 Å². The van der Waals surface area contributed by atoms with Crippen LogP contribution in [0, 0.1) is 0 Å². The molecule has 0 fully saturated rings. The summed E-state index contributed by atoms with van der Waals surface area (Å²) in [6.45, 7) is 4.45. The normalized spacial score (nSPS) is 13.6. The monoisotopic (exact) mass is 744 g/mol. The third kappa shape index (κ3) is 34.5. The Hall–Kier alpha value is -2.97. The molecule has 0 heterocycles. The molecule has 0 rings (SSSR count). The summed E-state index contributed by atoms with van der Waals surface area (Å²) >= 11 is 0. The van der Waals surface area contributed by atoms with Crippen LogP contribution in [-0.2, 0) is 28.6 Å². The highest BCUT2D eigenvalue weighted by Crippen LogP contribution is 2.12. The third-order valence-corrected chi connectivity index (χ3v) is 8.89. The van der Waals surface area contributed by atoms with E-state index in [9.17, 15) is 19.5 Å². The Bertz CT molecular complexity index is 1050. The Morgan fingerprint density at radius 3 is 1.64 bits per heavy atom. The Kier molecular flexibility index (Phi) is 34.0. The van der Waals surface area contributed by atoms with Crippen LogP contribution < -0.4 is 5.11 Å². The highest BCUT2D eigenvalue weighted by atomic mass is 16.6. The van der Waals surface area contributed by atoms with Crippen LogP contribution in [0.4, 0.5) is 0 Å². The van der Waals surface area contributed by atoms with Crippen molar-refractivity contribution in [1.82, 2.24) is 0 Å². The largest absolute Gasteiger partial charge is 0.544 e. The lowest BCUT2D eigenvalue weighted by Crippen LogP contribution is -2.55. The van der Waals surface area contributed by atoms with Crippen molar-refractivity contribution in [3.05, 3.63) is 60.8 Å². The molecule has 0 aromatic rings. The summed E-state index contributed by atoms with van der Waals surface area (Å²) in [5.41, 5.74) is 0. The number of unbranched alkanes of at least 4 members (excludes halogenated alkanes) is 12. The molecular formula is C45H77NO7. The van der Waals surface area contributed by atoms with Crippen molar-refractivity contribution in [3.8, 4) is 0 Å². The zero-order valence-corrected chi connectivity index (χ0v) is 34.4. The number of carbonyl (C=O) groups is 3. The number of hydrogen-bond acceptors (Lipinski definition) is 7. The first-order valence-corrected chi connectivity index (χ1v) is 20.8. The SMILES string of the molecule is CC/C=C/C/C=C/C/C=C/C/C=C/CCCCCCCCCC(=O)OCC(COCCC(C(=O)[O-])[N+](C)(C)C)OC(=O)CCC/C=C/CCCCCC. The number of allylic oxidation sites excluding steroid dienone is 10. The molecule has 53 heavy (non-hydrogen) atoms. The number of ether oxygens (including phenoxy) is 3. The molecule has 0 aromatic heterocycles. The average molecular weight is 744 g/mol. The van der Waals surface area contributed by atoms with Crippen molar-refractivity contribution >= 4 is 17.9 Å². The van der Waals surface area contributed by atoms with E-state index in [1.165, 1.54) is 51.4 Å². The van der Waals surface area contributed by atoms with E-state index in [1.807, 2.05) is 0 Å². The summed E-state index contributed by atoms with van der Waals surface area (Å²) in [5.74, 6) is -1.80. The first-order chi connectivity index (χ1) is 25.6. The highest BCUT2D eigenvalue weighted by molar-refractivity contribution is 5.70. The number of hydrogen-bond donors (Lipinski definition) is 0. The average Bonchev–Trinajstić information content (AvgIpc) is 3.11. The molecular weight excluding hydrogens is 666 g/mol. The van der Waals surface area contributed by atoms with Gasteiger partial charge in [0.25, 0.3) is 0 Å². The van der Waals surface area contributed by atoms with Gasteiger partial charge in [0, 0.05) is 19.3 Å². The molecule has 8 nitrogen and oxygen atoms in total. The smallest absolute Gasteiger partial charge is 0.306 e. The van der Waals surface area contributed by atoms with Gasteiger partial charge in [0.1, 0.15) is 12.6 Å². The number of rotatable bonds is 36. The van der Waals surface area contributed by atoms with Gasteiger partial charge in [0.05, 0.1) is 40.3 Å². The van der Waals surface area contributed by atoms with Crippen LogP contribution in [0.3, 0.4) is 0 Å². The molecule has 0 spiro atoms. The van der Waals surface area contributed by atoms with Gasteiger partial charge in [-0.25, -0.2) is 0 Å². The number of carboxylic acid groups (broad SMARTS) is 1. The lowest BCUT2D eigenvalue weighted by atomic mass is 10.1. The second-order valence-electron chi connectivity index (χ2n) is 14.8. The molecule has 0 radical (unpaired) electrons. The first kappa shape index (κ1) is 50.0. The number of nitrogens with zero attached hydrogens (tertiary/aromatic N) is 1.